The molecule has 0 amide bonds. The molecule has 3 N–H and O–H groups in total. The van der Waals surface area contributed by atoms with Crippen LogP contribution in [0.15, 0.2) is 4.99 Å². The Labute approximate surface area is 147 Å². The van der Waals surface area contributed by atoms with Crippen molar-refractivity contribution in [3.05, 3.63) is 0 Å². The molecule has 2 fully saturated rings. The van der Waals surface area contributed by atoms with E-state index in [4.69, 9.17) is 9.73 Å². The van der Waals surface area contributed by atoms with Crippen molar-refractivity contribution in [2.24, 2.45) is 10.9 Å². The summed E-state index contributed by atoms with van der Waals surface area (Å²) in [5.74, 6) is 1.63. The Hall–Kier alpha value is -0.850. The van der Waals surface area contributed by atoms with Crippen LogP contribution >= 0.6 is 0 Å². The van der Waals surface area contributed by atoms with Gasteiger partial charge in [0.15, 0.2) is 5.96 Å². The molecule has 6 heteroatoms. The molecule has 2 rings (SSSR count). The first kappa shape index (κ1) is 19.5. The van der Waals surface area contributed by atoms with E-state index in [-0.39, 0.29) is 6.10 Å². The maximum atomic E-state index is 9.63. The highest BCUT2D eigenvalue weighted by Gasteiger charge is 2.21. The number of nitrogens with zero attached hydrogens (tertiary/aromatic N) is 2. The Bertz CT molecular complexity index is 362. The molecule has 0 spiro atoms. The van der Waals surface area contributed by atoms with Crippen LogP contribution in [0.5, 0.6) is 0 Å². The third kappa shape index (κ3) is 6.95. The van der Waals surface area contributed by atoms with E-state index in [2.05, 4.69) is 22.5 Å². The lowest BCUT2D eigenvalue weighted by atomic mass is 9.93. The van der Waals surface area contributed by atoms with Gasteiger partial charge in [0.25, 0.3) is 0 Å². The summed E-state index contributed by atoms with van der Waals surface area (Å²) in [6.07, 6.45) is 6.21. The summed E-state index contributed by atoms with van der Waals surface area (Å²) in [5, 5.41) is 16.5. The lowest BCUT2D eigenvalue weighted by Crippen LogP contribution is -2.45. The van der Waals surface area contributed by atoms with E-state index in [0.717, 1.165) is 71.0 Å². The first-order valence-electron chi connectivity index (χ1n) is 9.65. The van der Waals surface area contributed by atoms with Crippen molar-refractivity contribution in [2.75, 3.05) is 46.4 Å². The normalized spacial score (nSPS) is 27.2. The van der Waals surface area contributed by atoms with Crippen molar-refractivity contribution in [1.29, 1.82) is 0 Å². The lowest BCUT2D eigenvalue weighted by molar-refractivity contribution is 0.119. The van der Waals surface area contributed by atoms with Crippen molar-refractivity contribution in [3.8, 4) is 0 Å². The highest BCUT2D eigenvalue weighted by atomic mass is 16.5. The summed E-state index contributed by atoms with van der Waals surface area (Å²) in [6.45, 7) is 8.09. The van der Waals surface area contributed by atoms with Gasteiger partial charge in [0.05, 0.1) is 12.7 Å². The molecule has 0 atom stereocenters. The van der Waals surface area contributed by atoms with Crippen LogP contribution in [0.1, 0.15) is 45.4 Å². The minimum atomic E-state index is -0.106. The second kappa shape index (κ2) is 10.9. The summed E-state index contributed by atoms with van der Waals surface area (Å²) < 4.78 is 5.16. The maximum absolute atomic E-state index is 9.63. The fourth-order valence-electron chi connectivity index (χ4n) is 3.57. The fraction of sp³-hybridized carbons (Fsp3) is 0.944. The van der Waals surface area contributed by atoms with E-state index >= 15 is 0 Å². The Balaban J connectivity index is 1.72. The summed E-state index contributed by atoms with van der Waals surface area (Å²) in [5.41, 5.74) is 0. The van der Waals surface area contributed by atoms with Crippen molar-refractivity contribution in [3.63, 3.8) is 0 Å². The number of ether oxygens (including phenoxy) is 1. The number of piperidine rings is 1. The van der Waals surface area contributed by atoms with Crippen LogP contribution in [-0.4, -0.2) is 74.6 Å². The van der Waals surface area contributed by atoms with Crippen LogP contribution in [0.4, 0.5) is 0 Å². The van der Waals surface area contributed by atoms with E-state index in [0.29, 0.717) is 12.0 Å². The Kier molecular flexibility index (Phi) is 8.84. The first-order valence-corrected chi connectivity index (χ1v) is 9.65. The Morgan fingerprint density at radius 1 is 1.17 bits per heavy atom. The number of aliphatic hydroxyl groups is 1. The van der Waals surface area contributed by atoms with Gasteiger partial charge in [-0.15, -0.1) is 0 Å². The van der Waals surface area contributed by atoms with Crippen LogP contribution in [-0.2, 0) is 4.74 Å². The predicted octanol–water partition coefficient (Wildman–Crippen LogP) is 1.20. The molecule has 2 aliphatic rings. The number of guanidine groups is 1. The molecule has 0 aromatic carbocycles. The van der Waals surface area contributed by atoms with Gasteiger partial charge in [-0.3, -0.25) is 4.99 Å². The zero-order valence-corrected chi connectivity index (χ0v) is 15.5. The molecule has 1 aliphatic carbocycles. The van der Waals surface area contributed by atoms with Gasteiger partial charge in [-0.1, -0.05) is 0 Å². The van der Waals surface area contributed by atoms with E-state index in [1.807, 2.05) is 0 Å². The highest BCUT2D eigenvalue weighted by molar-refractivity contribution is 5.80. The van der Waals surface area contributed by atoms with Crippen molar-refractivity contribution >= 4 is 5.96 Å². The SMILES string of the molecule is CCNC(=NCC1CCN(CCOC)CC1)NC1CCC(O)CC1. The van der Waals surface area contributed by atoms with Gasteiger partial charge in [0.2, 0.25) is 0 Å². The summed E-state index contributed by atoms with van der Waals surface area (Å²) >= 11 is 0. The van der Waals surface area contributed by atoms with Crippen LogP contribution in [0.3, 0.4) is 0 Å². The number of hydrogen-bond donors (Lipinski definition) is 3. The predicted molar refractivity (Wildman–Crippen MR) is 98.4 cm³/mol. The van der Waals surface area contributed by atoms with Gasteiger partial charge < -0.3 is 25.4 Å². The molecule has 140 valence electrons. The molecule has 0 bridgehead atoms. The third-order valence-electron chi connectivity index (χ3n) is 5.21. The fourth-order valence-corrected chi connectivity index (χ4v) is 3.57. The van der Waals surface area contributed by atoms with Crippen molar-refractivity contribution < 1.29 is 9.84 Å². The number of rotatable bonds is 7. The average Bonchev–Trinajstić information content (AvgIpc) is 2.61. The van der Waals surface area contributed by atoms with Crippen LogP contribution in [0, 0.1) is 5.92 Å². The number of aliphatic imine (C=N–C) groups is 1. The third-order valence-corrected chi connectivity index (χ3v) is 5.21. The molecule has 6 nitrogen and oxygen atoms in total. The smallest absolute Gasteiger partial charge is 0.191 e. The average molecular weight is 341 g/mol. The van der Waals surface area contributed by atoms with E-state index in [1.54, 1.807) is 7.11 Å². The molecule has 1 saturated carbocycles. The van der Waals surface area contributed by atoms with Gasteiger partial charge in [0, 0.05) is 32.8 Å². The van der Waals surface area contributed by atoms with Crippen LogP contribution in [0.2, 0.25) is 0 Å². The number of methoxy groups -OCH3 is 1. The number of hydrogen-bond acceptors (Lipinski definition) is 4. The molecular formula is C18H36N4O2. The quantitative estimate of drug-likeness (QED) is 0.480. The minimum absolute atomic E-state index is 0.106. The standard InChI is InChI=1S/C18H36N4O2/c1-3-19-18(21-16-4-6-17(23)7-5-16)20-14-15-8-10-22(11-9-15)12-13-24-2/h15-17,23H,3-14H2,1-2H3,(H2,19,20,21). The second-order valence-electron chi connectivity index (χ2n) is 7.15. The summed E-state index contributed by atoms with van der Waals surface area (Å²) in [7, 11) is 1.77. The second-order valence-corrected chi connectivity index (χ2v) is 7.15. The van der Waals surface area contributed by atoms with Gasteiger partial charge in [-0.25, -0.2) is 0 Å². The molecule has 0 unspecified atom stereocenters. The van der Waals surface area contributed by atoms with E-state index < -0.39 is 0 Å². The molecule has 24 heavy (non-hydrogen) atoms. The molecular weight excluding hydrogens is 304 g/mol. The molecule has 1 aliphatic heterocycles. The van der Waals surface area contributed by atoms with Crippen LogP contribution in [0.25, 0.3) is 0 Å². The number of nitrogens with one attached hydrogen (secondary N) is 2. The van der Waals surface area contributed by atoms with E-state index in [9.17, 15) is 5.11 Å². The summed E-state index contributed by atoms with van der Waals surface area (Å²) in [4.78, 5) is 7.31. The molecule has 1 saturated heterocycles. The highest BCUT2D eigenvalue weighted by Crippen LogP contribution is 2.19. The van der Waals surface area contributed by atoms with Crippen molar-refractivity contribution in [1.82, 2.24) is 15.5 Å². The Morgan fingerprint density at radius 2 is 1.88 bits per heavy atom. The molecule has 0 aromatic rings. The van der Waals surface area contributed by atoms with Crippen LogP contribution < -0.4 is 10.6 Å². The van der Waals surface area contributed by atoms with Gasteiger partial charge in [-0.05, 0) is 64.5 Å². The van der Waals surface area contributed by atoms with Gasteiger partial charge >= 0.3 is 0 Å². The first-order chi connectivity index (χ1) is 11.7. The topological polar surface area (TPSA) is 69.1 Å². The Morgan fingerprint density at radius 3 is 2.50 bits per heavy atom. The molecule has 0 aromatic heterocycles. The summed E-state index contributed by atoms with van der Waals surface area (Å²) in [6, 6.07) is 0.446. The van der Waals surface area contributed by atoms with E-state index in [1.165, 1.54) is 12.8 Å². The molecule has 0 radical (unpaired) electrons. The minimum Gasteiger partial charge on any atom is -0.393 e. The molecule has 1 heterocycles. The lowest BCUT2D eigenvalue weighted by Gasteiger charge is -2.31. The number of likely N-dealkylation sites (tertiary alicyclic amines) is 1. The largest absolute Gasteiger partial charge is 0.393 e. The number of aliphatic hydroxyl groups excluding tert-OH is 1. The van der Waals surface area contributed by atoms with Gasteiger partial charge in [-0.2, -0.15) is 0 Å². The van der Waals surface area contributed by atoms with Gasteiger partial charge in [0.1, 0.15) is 0 Å². The zero-order chi connectivity index (χ0) is 17.2. The maximum Gasteiger partial charge on any atom is 0.191 e. The monoisotopic (exact) mass is 340 g/mol. The van der Waals surface area contributed by atoms with Crippen molar-refractivity contribution in [2.45, 2.75) is 57.6 Å². The zero-order valence-electron chi connectivity index (χ0n) is 15.5.